The Hall–Kier alpha value is -2.51. The van der Waals surface area contributed by atoms with E-state index >= 15 is 0 Å². The van der Waals surface area contributed by atoms with Crippen LogP contribution in [0, 0.1) is 0 Å². The summed E-state index contributed by atoms with van der Waals surface area (Å²) in [5, 5.41) is 4.96. The van der Waals surface area contributed by atoms with Crippen LogP contribution in [-0.2, 0) is 0 Å². The van der Waals surface area contributed by atoms with Crippen LogP contribution in [0.25, 0.3) is 0 Å². The van der Waals surface area contributed by atoms with Gasteiger partial charge in [0.2, 0.25) is 0 Å². The van der Waals surface area contributed by atoms with Crippen molar-refractivity contribution in [2.45, 2.75) is 25.8 Å². The number of imide groups is 1. The van der Waals surface area contributed by atoms with Gasteiger partial charge in [-0.05, 0) is 50.2 Å². The summed E-state index contributed by atoms with van der Waals surface area (Å²) in [5.74, 6) is -0.836. The third-order valence-corrected chi connectivity index (χ3v) is 5.89. The fourth-order valence-electron chi connectivity index (χ4n) is 3.26. The Labute approximate surface area is 169 Å². The van der Waals surface area contributed by atoms with Gasteiger partial charge >= 0.3 is 0 Å². The largest absolute Gasteiger partial charge is 0.350 e. The number of rotatable bonds is 8. The van der Waals surface area contributed by atoms with Gasteiger partial charge in [0, 0.05) is 23.5 Å². The molecule has 1 aliphatic heterocycles. The Balaban J connectivity index is 1.72. The van der Waals surface area contributed by atoms with Crippen LogP contribution in [0.4, 0.5) is 0 Å². The third-order valence-electron chi connectivity index (χ3n) is 4.92. The number of unbranched alkanes of at least 4 members (excludes halogenated alkanes) is 1. The number of carbonyl (C=O) groups is 3. The van der Waals surface area contributed by atoms with Gasteiger partial charge in [0.1, 0.15) is 0 Å². The number of hydrogen-bond acceptors (Lipinski definition) is 5. The topological polar surface area (TPSA) is 69.7 Å². The van der Waals surface area contributed by atoms with Crippen molar-refractivity contribution >= 4 is 29.1 Å². The van der Waals surface area contributed by atoms with E-state index in [1.54, 1.807) is 23.5 Å². The van der Waals surface area contributed by atoms with E-state index in [0.717, 1.165) is 12.8 Å². The maximum Gasteiger partial charge on any atom is 0.261 e. The quantitative estimate of drug-likeness (QED) is 0.692. The predicted octanol–water partition coefficient (Wildman–Crippen LogP) is 3.18. The van der Waals surface area contributed by atoms with Crippen LogP contribution in [0.1, 0.15) is 61.8 Å². The molecule has 0 spiro atoms. The highest BCUT2D eigenvalue weighted by atomic mass is 32.1. The van der Waals surface area contributed by atoms with Gasteiger partial charge in [-0.3, -0.25) is 19.3 Å². The molecule has 1 aromatic carbocycles. The normalized spacial score (nSPS) is 14.5. The van der Waals surface area contributed by atoms with Crippen LogP contribution in [0.3, 0.4) is 0 Å². The second-order valence-electron chi connectivity index (χ2n) is 7.08. The predicted molar refractivity (Wildman–Crippen MR) is 110 cm³/mol. The Morgan fingerprint density at radius 1 is 1.18 bits per heavy atom. The molecule has 28 heavy (non-hydrogen) atoms. The van der Waals surface area contributed by atoms with Crippen molar-refractivity contribution in [1.82, 2.24) is 15.1 Å². The monoisotopic (exact) mass is 399 g/mol. The van der Waals surface area contributed by atoms with Crippen LogP contribution in [-0.4, -0.2) is 54.7 Å². The van der Waals surface area contributed by atoms with E-state index in [1.807, 2.05) is 38.5 Å². The molecule has 2 aromatic rings. The summed E-state index contributed by atoms with van der Waals surface area (Å²) in [5.41, 5.74) is 1.08. The molecule has 0 aliphatic carbocycles. The molecular formula is C21H25N3O3S. The Kier molecular flexibility index (Phi) is 6.26. The summed E-state index contributed by atoms with van der Waals surface area (Å²) in [7, 11) is 3.95. The molecule has 2 heterocycles. The number of likely N-dealkylation sites (N-methyl/N-ethyl adjacent to an activating group) is 1. The summed E-state index contributed by atoms with van der Waals surface area (Å²) < 4.78 is 0. The van der Waals surface area contributed by atoms with Gasteiger partial charge in [0.25, 0.3) is 17.7 Å². The summed E-state index contributed by atoms with van der Waals surface area (Å²) in [4.78, 5) is 42.1. The highest BCUT2D eigenvalue weighted by molar-refractivity contribution is 7.10. The average molecular weight is 400 g/mol. The Morgan fingerprint density at radius 3 is 2.57 bits per heavy atom. The first-order valence-corrected chi connectivity index (χ1v) is 10.3. The second-order valence-corrected chi connectivity index (χ2v) is 8.06. The van der Waals surface area contributed by atoms with Crippen molar-refractivity contribution in [1.29, 1.82) is 0 Å². The van der Waals surface area contributed by atoms with Crippen LogP contribution < -0.4 is 5.32 Å². The number of nitrogens with zero attached hydrogens (tertiary/aromatic N) is 2. The highest BCUT2D eigenvalue weighted by Gasteiger charge is 2.35. The molecule has 1 unspecified atom stereocenters. The zero-order valence-corrected chi connectivity index (χ0v) is 17.2. The number of carbonyl (C=O) groups excluding carboxylic acids is 3. The molecule has 148 valence electrons. The molecule has 3 amide bonds. The van der Waals surface area contributed by atoms with E-state index in [1.165, 1.54) is 15.8 Å². The van der Waals surface area contributed by atoms with Gasteiger partial charge in [-0.2, -0.15) is 0 Å². The van der Waals surface area contributed by atoms with E-state index in [9.17, 15) is 14.4 Å². The van der Waals surface area contributed by atoms with Crippen LogP contribution in [0.5, 0.6) is 0 Å². The number of benzene rings is 1. The Morgan fingerprint density at radius 2 is 1.93 bits per heavy atom. The molecule has 3 rings (SSSR count). The lowest BCUT2D eigenvalue weighted by Crippen LogP contribution is -2.34. The van der Waals surface area contributed by atoms with Crippen molar-refractivity contribution in [2.24, 2.45) is 0 Å². The van der Waals surface area contributed by atoms with Gasteiger partial charge in [-0.1, -0.05) is 19.4 Å². The SMILES string of the molecule is CCCCN1C(=O)c2ccc(C(=O)NCC(c3cccs3)N(C)C)cc2C1=O. The maximum atomic E-state index is 12.6. The standard InChI is InChI=1S/C21H25N3O3S/c1-4-5-10-24-20(26)15-9-8-14(12-16(15)21(24)27)19(25)22-13-17(23(2)3)18-7-6-11-28-18/h6-9,11-12,17H,4-5,10,13H2,1-3H3,(H,22,25). The smallest absolute Gasteiger partial charge is 0.261 e. The summed E-state index contributed by atoms with van der Waals surface area (Å²) >= 11 is 1.65. The van der Waals surface area contributed by atoms with Gasteiger partial charge in [0.05, 0.1) is 17.2 Å². The first kappa shape index (κ1) is 20.2. The summed E-state index contributed by atoms with van der Waals surface area (Å²) in [6.07, 6.45) is 1.67. The molecule has 1 aromatic heterocycles. The van der Waals surface area contributed by atoms with Gasteiger partial charge < -0.3 is 10.2 Å². The number of amides is 3. The van der Waals surface area contributed by atoms with E-state index in [-0.39, 0.29) is 23.8 Å². The molecule has 0 fully saturated rings. The lowest BCUT2D eigenvalue weighted by Gasteiger charge is -2.23. The zero-order valence-electron chi connectivity index (χ0n) is 16.4. The second kappa shape index (κ2) is 8.67. The van der Waals surface area contributed by atoms with Gasteiger partial charge in [-0.25, -0.2) is 0 Å². The fourth-order valence-corrected chi connectivity index (χ4v) is 4.18. The van der Waals surface area contributed by atoms with Gasteiger partial charge in [0.15, 0.2) is 0 Å². The Bertz CT molecular complexity index is 877. The minimum atomic E-state index is -0.312. The lowest BCUT2D eigenvalue weighted by molar-refractivity contribution is 0.0652. The average Bonchev–Trinajstić information content (AvgIpc) is 3.28. The third kappa shape index (κ3) is 4.00. The lowest BCUT2D eigenvalue weighted by atomic mass is 10.1. The molecule has 1 atom stereocenters. The van der Waals surface area contributed by atoms with Crippen molar-refractivity contribution in [3.8, 4) is 0 Å². The first-order valence-electron chi connectivity index (χ1n) is 9.42. The molecular weight excluding hydrogens is 374 g/mol. The molecule has 6 nitrogen and oxygen atoms in total. The number of hydrogen-bond donors (Lipinski definition) is 1. The summed E-state index contributed by atoms with van der Waals surface area (Å²) in [6, 6.07) is 8.84. The molecule has 1 aliphatic rings. The van der Waals surface area contributed by atoms with Crippen LogP contribution in [0.2, 0.25) is 0 Å². The van der Waals surface area contributed by atoms with Crippen molar-refractivity contribution in [3.63, 3.8) is 0 Å². The first-order chi connectivity index (χ1) is 13.4. The van der Waals surface area contributed by atoms with Crippen molar-refractivity contribution in [3.05, 3.63) is 57.3 Å². The molecule has 1 N–H and O–H groups in total. The molecule has 0 saturated carbocycles. The minimum absolute atomic E-state index is 0.0751. The van der Waals surface area contributed by atoms with Crippen molar-refractivity contribution < 1.29 is 14.4 Å². The van der Waals surface area contributed by atoms with Crippen molar-refractivity contribution in [2.75, 3.05) is 27.2 Å². The molecule has 0 bridgehead atoms. The number of nitrogens with one attached hydrogen (secondary N) is 1. The molecule has 0 radical (unpaired) electrons. The van der Waals surface area contributed by atoms with E-state index in [2.05, 4.69) is 10.2 Å². The van der Waals surface area contributed by atoms with E-state index in [0.29, 0.717) is 29.8 Å². The summed E-state index contributed by atoms with van der Waals surface area (Å²) in [6.45, 7) is 2.88. The number of thiophene rings is 1. The van der Waals surface area contributed by atoms with E-state index < -0.39 is 0 Å². The minimum Gasteiger partial charge on any atom is -0.350 e. The van der Waals surface area contributed by atoms with Gasteiger partial charge in [-0.15, -0.1) is 11.3 Å². The van der Waals surface area contributed by atoms with Crippen LogP contribution in [0.15, 0.2) is 35.7 Å². The maximum absolute atomic E-state index is 12.6. The van der Waals surface area contributed by atoms with Crippen LogP contribution >= 0.6 is 11.3 Å². The molecule has 0 saturated heterocycles. The highest BCUT2D eigenvalue weighted by Crippen LogP contribution is 2.25. The fraction of sp³-hybridized carbons (Fsp3) is 0.381. The number of fused-ring (bicyclic) bond motifs is 1. The molecule has 7 heteroatoms. The van der Waals surface area contributed by atoms with E-state index in [4.69, 9.17) is 0 Å². The zero-order chi connectivity index (χ0) is 20.3.